The maximum Gasteiger partial charge on any atom is 0.424 e. The molecule has 1 rings (SSSR count). The number of carbonyl (C=O) groups excluding carboxylic acids is 1. The predicted molar refractivity (Wildman–Crippen MR) is 89.5 cm³/mol. The minimum Gasteiger partial charge on any atom is -0.480 e. The first-order valence-corrected chi connectivity index (χ1v) is 10.6. The average molecular weight is 344 g/mol. The number of carboxylic acids is 1. The van der Waals surface area contributed by atoms with Gasteiger partial charge in [-0.05, 0) is 18.1 Å². The van der Waals surface area contributed by atoms with Gasteiger partial charge in [0.15, 0.2) is 8.32 Å². The molecule has 132 valence electrons. The summed E-state index contributed by atoms with van der Waals surface area (Å²) in [4.78, 5) is 23.3. The van der Waals surface area contributed by atoms with Crippen LogP contribution in [0.5, 0.6) is 0 Å². The molecule has 1 heterocycles. The van der Waals surface area contributed by atoms with E-state index in [1.165, 1.54) is 11.1 Å². The van der Waals surface area contributed by atoms with Crippen LogP contribution in [0.2, 0.25) is 18.1 Å². The summed E-state index contributed by atoms with van der Waals surface area (Å²) in [5.41, 5.74) is 2.68. The van der Waals surface area contributed by atoms with Gasteiger partial charge in [0.25, 0.3) is 0 Å². The van der Waals surface area contributed by atoms with Gasteiger partial charge in [-0.3, -0.25) is 4.79 Å². The number of hydrazine groups is 1. The van der Waals surface area contributed by atoms with Gasteiger partial charge in [0.05, 0.1) is 12.6 Å². The summed E-state index contributed by atoms with van der Waals surface area (Å²) in [5.74, 6) is -1.02. The smallest absolute Gasteiger partial charge is 0.424 e. The van der Waals surface area contributed by atoms with Crippen LogP contribution >= 0.6 is 0 Å². The normalized spacial score (nSPS) is 22.6. The average Bonchev–Trinajstić information content (AvgIpc) is 2.42. The Morgan fingerprint density at radius 3 is 2.52 bits per heavy atom. The first-order chi connectivity index (χ1) is 10.5. The Morgan fingerprint density at radius 2 is 2.04 bits per heavy atom. The van der Waals surface area contributed by atoms with Gasteiger partial charge in [0.1, 0.15) is 12.6 Å². The molecule has 0 aliphatic carbocycles. The van der Waals surface area contributed by atoms with Gasteiger partial charge in [-0.15, -0.1) is 0 Å². The van der Waals surface area contributed by atoms with Gasteiger partial charge in [0.2, 0.25) is 0 Å². The fraction of sp³-hybridized carbons (Fsp3) is 0.733. The highest BCUT2D eigenvalue weighted by atomic mass is 28.4. The number of nitrogens with one attached hydrogen (secondary N) is 1. The van der Waals surface area contributed by atoms with Crippen LogP contribution in [0.4, 0.5) is 4.79 Å². The van der Waals surface area contributed by atoms with E-state index in [-0.39, 0.29) is 24.3 Å². The van der Waals surface area contributed by atoms with Gasteiger partial charge in [0, 0.05) is 6.42 Å². The second-order valence-corrected chi connectivity index (χ2v) is 12.0. The standard InChI is InChI=1S/C15H28N2O5Si/c1-7-8-21-14(20)17-10-11(9-12(16-17)13(18)19)22-23(5,6)15(2,3)4/h7,11-12,16H,1,8-10H2,2-6H3,(H,18,19)/t11-,12-/m1/s1. The van der Waals surface area contributed by atoms with Crippen molar-refractivity contribution in [3.05, 3.63) is 12.7 Å². The Morgan fingerprint density at radius 1 is 1.43 bits per heavy atom. The number of hydrogen-bond acceptors (Lipinski definition) is 5. The SMILES string of the molecule is C=CCOC(=O)N1C[C@H](O[Si](C)(C)C(C)(C)C)C[C@H](C(=O)O)N1. The van der Waals surface area contributed by atoms with Crippen LogP contribution in [0, 0.1) is 0 Å². The molecular weight excluding hydrogens is 316 g/mol. The van der Waals surface area contributed by atoms with Crippen molar-refractivity contribution in [1.82, 2.24) is 10.4 Å². The lowest BCUT2D eigenvalue weighted by Crippen LogP contribution is -2.61. The molecular formula is C15H28N2O5Si. The molecule has 1 aliphatic rings. The Kier molecular flexibility index (Phi) is 6.38. The number of hydrogen-bond donors (Lipinski definition) is 2. The summed E-state index contributed by atoms with van der Waals surface area (Å²) >= 11 is 0. The molecule has 1 amide bonds. The quantitative estimate of drug-likeness (QED) is 0.588. The molecule has 0 saturated carbocycles. The summed E-state index contributed by atoms with van der Waals surface area (Å²) in [6.45, 7) is 14.4. The Labute approximate surface area is 138 Å². The molecule has 23 heavy (non-hydrogen) atoms. The zero-order valence-corrected chi connectivity index (χ0v) is 15.6. The summed E-state index contributed by atoms with van der Waals surface area (Å²) in [6.07, 6.45) is 0.807. The van der Waals surface area contributed by atoms with E-state index in [2.05, 4.69) is 45.9 Å². The van der Waals surface area contributed by atoms with Crippen LogP contribution in [0.3, 0.4) is 0 Å². The summed E-state index contributed by atoms with van der Waals surface area (Å²) in [5, 5.41) is 10.5. The lowest BCUT2D eigenvalue weighted by atomic mass is 10.1. The van der Waals surface area contributed by atoms with Crippen molar-refractivity contribution in [2.75, 3.05) is 13.2 Å². The number of carboxylic acid groups (broad SMARTS) is 1. The van der Waals surface area contributed by atoms with E-state index in [0.717, 1.165) is 0 Å². The second kappa shape index (κ2) is 7.46. The summed E-state index contributed by atoms with van der Waals surface area (Å²) in [7, 11) is -2.06. The van der Waals surface area contributed by atoms with Crippen molar-refractivity contribution >= 4 is 20.4 Å². The molecule has 2 atom stereocenters. The van der Waals surface area contributed by atoms with E-state index in [0.29, 0.717) is 6.42 Å². The van der Waals surface area contributed by atoms with E-state index in [9.17, 15) is 14.7 Å². The van der Waals surface area contributed by atoms with Crippen molar-refractivity contribution < 1.29 is 23.9 Å². The van der Waals surface area contributed by atoms with Crippen molar-refractivity contribution in [1.29, 1.82) is 0 Å². The number of aliphatic carboxylic acids is 1. The first-order valence-electron chi connectivity index (χ1n) is 7.70. The van der Waals surface area contributed by atoms with E-state index in [1.54, 1.807) is 0 Å². The Hall–Kier alpha value is -1.38. The highest BCUT2D eigenvalue weighted by Gasteiger charge is 2.42. The topological polar surface area (TPSA) is 88.1 Å². The van der Waals surface area contributed by atoms with E-state index < -0.39 is 26.4 Å². The molecule has 1 aliphatic heterocycles. The van der Waals surface area contributed by atoms with Crippen molar-refractivity contribution in [2.24, 2.45) is 0 Å². The molecule has 2 N–H and O–H groups in total. The Bertz CT molecular complexity index is 461. The number of rotatable bonds is 5. The lowest BCUT2D eigenvalue weighted by molar-refractivity contribution is -0.143. The van der Waals surface area contributed by atoms with Crippen LogP contribution in [0.1, 0.15) is 27.2 Å². The largest absolute Gasteiger partial charge is 0.480 e. The molecule has 0 radical (unpaired) electrons. The molecule has 0 bridgehead atoms. The third-order valence-electron chi connectivity index (χ3n) is 4.31. The minimum absolute atomic E-state index is 0.00474. The fourth-order valence-corrected chi connectivity index (χ4v) is 3.36. The molecule has 1 fully saturated rings. The lowest BCUT2D eigenvalue weighted by Gasteiger charge is -2.43. The zero-order chi connectivity index (χ0) is 17.8. The number of ether oxygens (including phenoxy) is 1. The highest BCUT2D eigenvalue weighted by molar-refractivity contribution is 6.74. The van der Waals surface area contributed by atoms with Crippen LogP contribution in [-0.2, 0) is 14.0 Å². The van der Waals surface area contributed by atoms with Crippen LogP contribution in [-0.4, -0.2) is 55.8 Å². The first kappa shape index (κ1) is 19.7. The minimum atomic E-state index is -2.06. The number of nitrogens with zero attached hydrogens (tertiary/aromatic N) is 1. The van der Waals surface area contributed by atoms with Crippen LogP contribution < -0.4 is 5.43 Å². The van der Waals surface area contributed by atoms with Gasteiger partial charge < -0.3 is 14.3 Å². The van der Waals surface area contributed by atoms with Crippen molar-refractivity contribution in [2.45, 2.75) is 57.5 Å². The Balaban J connectivity index is 2.84. The fourth-order valence-electron chi connectivity index (χ4n) is 2.00. The van der Waals surface area contributed by atoms with Gasteiger partial charge in [-0.1, -0.05) is 33.4 Å². The molecule has 7 nitrogen and oxygen atoms in total. The monoisotopic (exact) mass is 344 g/mol. The van der Waals surface area contributed by atoms with Gasteiger partial charge >= 0.3 is 12.1 Å². The molecule has 0 aromatic carbocycles. The number of carbonyl (C=O) groups is 2. The van der Waals surface area contributed by atoms with E-state index >= 15 is 0 Å². The molecule has 1 saturated heterocycles. The third kappa shape index (κ3) is 5.33. The predicted octanol–water partition coefficient (Wildman–Crippen LogP) is 2.36. The maximum absolute atomic E-state index is 12.0. The molecule has 0 unspecified atom stereocenters. The van der Waals surface area contributed by atoms with Crippen molar-refractivity contribution in [3.63, 3.8) is 0 Å². The van der Waals surface area contributed by atoms with E-state index in [1.807, 2.05) is 0 Å². The van der Waals surface area contributed by atoms with Crippen LogP contribution in [0.15, 0.2) is 12.7 Å². The summed E-state index contributed by atoms with van der Waals surface area (Å²) < 4.78 is 11.2. The second-order valence-electron chi connectivity index (χ2n) is 7.23. The maximum atomic E-state index is 12.0. The number of amides is 1. The molecule has 0 aromatic heterocycles. The summed E-state index contributed by atoms with van der Waals surface area (Å²) in [6, 6.07) is -0.880. The zero-order valence-electron chi connectivity index (χ0n) is 14.6. The molecule has 8 heteroatoms. The van der Waals surface area contributed by atoms with E-state index in [4.69, 9.17) is 9.16 Å². The molecule has 0 aromatic rings. The molecule has 0 spiro atoms. The third-order valence-corrected chi connectivity index (χ3v) is 8.84. The van der Waals surface area contributed by atoms with Gasteiger partial charge in [-0.25, -0.2) is 15.2 Å². The van der Waals surface area contributed by atoms with Gasteiger partial charge in [-0.2, -0.15) is 0 Å². The van der Waals surface area contributed by atoms with Crippen molar-refractivity contribution in [3.8, 4) is 0 Å². The van der Waals surface area contributed by atoms with Crippen LogP contribution in [0.25, 0.3) is 0 Å². The highest BCUT2D eigenvalue weighted by Crippen LogP contribution is 2.38.